The number of aliphatic hydroxyl groups excluding tert-OH is 1. The van der Waals surface area contributed by atoms with Gasteiger partial charge in [-0.1, -0.05) is 17.7 Å². The Labute approximate surface area is 161 Å². The summed E-state index contributed by atoms with van der Waals surface area (Å²) >= 11 is 5.79. The van der Waals surface area contributed by atoms with E-state index in [0.29, 0.717) is 17.7 Å². The molecule has 0 fully saturated rings. The van der Waals surface area contributed by atoms with Gasteiger partial charge in [0.05, 0.1) is 18.4 Å². The first kappa shape index (κ1) is 19.9. The van der Waals surface area contributed by atoms with Gasteiger partial charge in [0.25, 0.3) is 0 Å². The van der Waals surface area contributed by atoms with Crippen LogP contribution in [0.1, 0.15) is 47.8 Å². The largest absolute Gasteiger partial charge is 0.392 e. The summed E-state index contributed by atoms with van der Waals surface area (Å²) in [7, 11) is 1.52. The number of aromatic nitrogens is 1. The van der Waals surface area contributed by atoms with E-state index in [1.165, 1.54) is 19.4 Å². The number of carbonyl (C=O) groups is 1. The lowest BCUT2D eigenvalue weighted by molar-refractivity contribution is -0.133. The van der Waals surface area contributed by atoms with E-state index >= 15 is 4.39 Å². The normalized spacial score (nSPS) is 21.7. The van der Waals surface area contributed by atoms with Gasteiger partial charge in [-0.3, -0.25) is 9.78 Å². The number of pyridine rings is 1. The molecule has 0 saturated heterocycles. The number of ketones is 1. The molecule has 27 heavy (non-hydrogen) atoms. The summed E-state index contributed by atoms with van der Waals surface area (Å²) in [5, 5.41) is 9.57. The van der Waals surface area contributed by atoms with E-state index < -0.39 is 23.9 Å². The number of Topliss-reactive ketones (excluding diaryl/α,β-unsaturated/α-hetero) is 1. The zero-order valence-electron chi connectivity index (χ0n) is 14.8. The summed E-state index contributed by atoms with van der Waals surface area (Å²) in [6.45, 7) is -0.413. The molecule has 1 aliphatic carbocycles. The van der Waals surface area contributed by atoms with Crippen LogP contribution in [0.2, 0.25) is 5.02 Å². The van der Waals surface area contributed by atoms with Gasteiger partial charge in [0.2, 0.25) is 0 Å². The number of rotatable bonds is 6. The van der Waals surface area contributed by atoms with E-state index in [1.807, 2.05) is 0 Å². The standard InChI is InChI=1S/C20H20ClF2NO3/c1-27-17-6-7-20(23,15-3-2-8-24-19(15)17)18(26)5-4-14-12(11-25)9-13(21)10-16(14)22/h2-3,8-10,17,25H,4-7,11H2,1H3/t17-,20-/m0/s1. The van der Waals surface area contributed by atoms with E-state index in [-0.39, 0.29) is 41.5 Å². The van der Waals surface area contributed by atoms with Gasteiger partial charge in [-0.25, -0.2) is 8.78 Å². The molecule has 0 radical (unpaired) electrons. The van der Waals surface area contributed by atoms with Crippen LogP contribution in [-0.2, 0) is 28.2 Å². The number of carbonyl (C=O) groups excluding carboxylic acids is 1. The van der Waals surface area contributed by atoms with Crippen molar-refractivity contribution < 1.29 is 23.4 Å². The number of halogens is 3. The highest BCUT2D eigenvalue weighted by Crippen LogP contribution is 2.44. The second-order valence-corrected chi connectivity index (χ2v) is 7.04. The summed E-state index contributed by atoms with van der Waals surface area (Å²) in [4.78, 5) is 17.0. The van der Waals surface area contributed by atoms with Crippen LogP contribution in [-0.4, -0.2) is 23.0 Å². The number of nitrogens with zero attached hydrogens (tertiary/aromatic N) is 1. The lowest BCUT2D eigenvalue weighted by atomic mass is 9.77. The fourth-order valence-electron chi connectivity index (χ4n) is 3.64. The minimum atomic E-state index is -2.18. The maximum absolute atomic E-state index is 15.7. The predicted molar refractivity (Wildman–Crippen MR) is 96.7 cm³/mol. The molecule has 0 saturated carbocycles. The summed E-state index contributed by atoms with van der Waals surface area (Å²) in [5.74, 6) is -1.25. The number of hydrogen-bond donors (Lipinski definition) is 1. The van der Waals surface area contributed by atoms with Crippen LogP contribution in [0.3, 0.4) is 0 Å². The molecule has 0 aliphatic heterocycles. The number of ether oxygens (including phenoxy) is 1. The Morgan fingerprint density at radius 1 is 1.48 bits per heavy atom. The van der Waals surface area contributed by atoms with Crippen LogP contribution >= 0.6 is 11.6 Å². The molecule has 4 nitrogen and oxygen atoms in total. The molecule has 1 N–H and O–H groups in total. The van der Waals surface area contributed by atoms with Crippen LogP contribution in [0.5, 0.6) is 0 Å². The van der Waals surface area contributed by atoms with E-state index in [0.717, 1.165) is 6.07 Å². The second-order valence-electron chi connectivity index (χ2n) is 6.61. The van der Waals surface area contributed by atoms with Crippen LogP contribution < -0.4 is 0 Å². The van der Waals surface area contributed by atoms with Crippen molar-refractivity contribution in [3.8, 4) is 0 Å². The minimum Gasteiger partial charge on any atom is -0.392 e. The van der Waals surface area contributed by atoms with Crippen LogP contribution in [0.4, 0.5) is 8.78 Å². The van der Waals surface area contributed by atoms with Gasteiger partial charge in [0.1, 0.15) is 5.82 Å². The van der Waals surface area contributed by atoms with Gasteiger partial charge in [0.15, 0.2) is 11.5 Å². The highest BCUT2D eigenvalue weighted by molar-refractivity contribution is 6.30. The number of alkyl halides is 1. The molecule has 0 spiro atoms. The number of benzene rings is 1. The van der Waals surface area contributed by atoms with Crippen LogP contribution in [0, 0.1) is 5.82 Å². The molecular formula is C20H20ClF2NO3. The molecule has 7 heteroatoms. The maximum atomic E-state index is 15.7. The van der Waals surface area contributed by atoms with Crippen molar-refractivity contribution in [1.82, 2.24) is 4.98 Å². The molecule has 2 atom stereocenters. The first-order chi connectivity index (χ1) is 12.9. The lowest BCUT2D eigenvalue weighted by Gasteiger charge is -2.33. The zero-order chi connectivity index (χ0) is 19.6. The highest BCUT2D eigenvalue weighted by atomic mass is 35.5. The molecule has 3 rings (SSSR count). The quantitative estimate of drug-likeness (QED) is 0.795. The van der Waals surface area contributed by atoms with Crippen molar-refractivity contribution in [2.45, 2.75) is 44.1 Å². The van der Waals surface area contributed by atoms with Gasteiger partial charge in [0, 0.05) is 30.3 Å². The van der Waals surface area contributed by atoms with Crippen molar-refractivity contribution in [1.29, 1.82) is 0 Å². The van der Waals surface area contributed by atoms with Gasteiger partial charge in [-0.05, 0) is 48.6 Å². The van der Waals surface area contributed by atoms with Crippen molar-refractivity contribution in [3.63, 3.8) is 0 Å². The SMILES string of the molecule is CO[C@H]1CC[C@@](F)(C(=O)CCc2c(F)cc(Cl)cc2CO)c2cccnc21. The first-order valence-corrected chi connectivity index (χ1v) is 9.06. The fourth-order valence-corrected chi connectivity index (χ4v) is 3.87. The molecule has 1 aromatic carbocycles. The summed E-state index contributed by atoms with van der Waals surface area (Å²) in [5.41, 5.74) is -1.06. The van der Waals surface area contributed by atoms with E-state index in [1.54, 1.807) is 12.1 Å². The molecule has 0 unspecified atom stereocenters. The fraction of sp³-hybridized carbons (Fsp3) is 0.400. The smallest absolute Gasteiger partial charge is 0.195 e. The Hall–Kier alpha value is -1.89. The number of fused-ring (bicyclic) bond motifs is 1. The molecular weight excluding hydrogens is 376 g/mol. The van der Waals surface area contributed by atoms with Gasteiger partial charge >= 0.3 is 0 Å². The summed E-state index contributed by atoms with van der Waals surface area (Å²) in [6.07, 6.45) is 1.28. The summed E-state index contributed by atoms with van der Waals surface area (Å²) in [6, 6.07) is 5.70. The third-order valence-corrected chi connectivity index (χ3v) is 5.29. The Morgan fingerprint density at radius 3 is 2.96 bits per heavy atom. The van der Waals surface area contributed by atoms with E-state index in [2.05, 4.69) is 4.98 Å². The molecule has 1 heterocycles. The van der Waals surface area contributed by atoms with E-state index in [4.69, 9.17) is 16.3 Å². The van der Waals surface area contributed by atoms with Crippen LogP contribution in [0.15, 0.2) is 30.5 Å². The van der Waals surface area contributed by atoms with Gasteiger partial charge in [-0.15, -0.1) is 0 Å². The molecule has 1 aliphatic rings. The van der Waals surface area contributed by atoms with Gasteiger partial charge in [-0.2, -0.15) is 0 Å². The zero-order valence-corrected chi connectivity index (χ0v) is 15.6. The van der Waals surface area contributed by atoms with E-state index in [9.17, 15) is 14.3 Å². The topological polar surface area (TPSA) is 59.4 Å². The molecule has 1 aromatic heterocycles. The van der Waals surface area contributed by atoms with Crippen molar-refractivity contribution in [2.75, 3.05) is 7.11 Å². The molecule has 0 bridgehead atoms. The monoisotopic (exact) mass is 395 g/mol. The maximum Gasteiger partial charge on any atom is 0.195 e. The van der Waals surface area contributed by atoms with Crippen molar-refractivity contribution >= 4 is 17.4 Å². The first-order valence-electron chi connectivity index (χ1n) is 8.68. The Balaban J connectivity index is 1.85. The predicted octanol–water partition coefficient (Wildman–Crippen LogP) is 4.21. The number of hydrogen-bond acceptors (Lipinski definition) is 4. The third-order valence-electron chi connectivity index (χ3n) is 5.07. The van der Waals surface area contributed by atoms with Crippen molar-refractivity contribution in [3.05, 3.63) is 63.7 Å². The number of methoxy groups -OCH3 is 1. The van der Waals surface area contributed by atoms with Gasteiger partial charge < -0.3 is 9.84 Å². The Bertz CT molecular complexity index is 861. The highest BCUT2D eigenvalue weighted by Gasteiger charge is 2.46. The Morgan fingerprint density at radius 2 is 2.26 bits per heavy atom. The minimum absolute atomic E-state index is 0.0149. The lowest BCUT2D eigenvalue weighted by Crippen LogP contribution is -2.37. The average Bonchev–Trinajstić information content (AvgIpc) is 2.67. The molecule has 2 aromatic rings. The van der Waals surface area contributed by atoms with Crippen molar-refractivity contribution in [2.24, 2.45) is 0 Å². The summed E-state index contributed by atoms with van der Waals surface area (Å²) < 4.78 is 35.3. The third kappa shape index (κ3) is 3.74. The molecule has 0 amide bonds. The Kier molecular flexibility index (Phi) is 5.89. The number of aliphatic hydroxyl groups is 1. The van der Waals surface area contributed by atoms with Crippen LogP contribution in [0.25, 0.3) is 0 Å². The second kappa shape index (κ2) is 8.00. The molecule has 144 valence electrons. The average molecular weight is 396 g/mol.